The zero-order valence-corrected chi connectivity index (χ0v) is 16.1. The first-order valence-corrected chi connectivity index (χ1v) is 9.65. The van der Waals surface area contributed by atoms with E-state index in [0.29, 0.717) is 13.2 Å². The van der Waals surface area contributed by atoms with Gasteiger partial charge in [-0.2, -0.15) is 0 Å². The highest BCUT2D eigenvalue weighted by atomic mass is 32.1. The smallest absolute Gasteiger partial charge is 0.191 e. The second kappa shape index (κ2) is 10.8. The van der Waals surface area contributed by atoms with Gasteiger partial charge in [0.15, 0.2) is 5.96 Å². The molecular formula is C19H28N4OS. The number of ether oxygens (including phenoxy) is 1. The van der Waals surface area contributed by atoms with Crippen LogP contribution in [0.3, 0.4) is 0 Å². The molecule has 2 aromatic rings. The molecular weight excluding hydrogens is 332 g/mol. The zero-order valence-electron chi connectivity index (χ0n) is 15.3. The van der Waals surface area contributed by atoms with Crippen LogP contribution in [0.15, 0.2) is 40.7 Å². The maximum Gasteiger partial charge on any atom is 0.191 e. The van der Waals surface area contributed by atoms with Crippen LogP contribution in [0.1, 0.15) is 42.6 Å². The Hall–Kier alpha value is -1.92. The number of nitrogens with one attached hydrogen (secondary N) is 2. The van der Waals surface area contributed by atoms with Crippen molar-refractivity contribution in [3.05, 3.63) is 52.0 Å². The van der Waals surface area contributed by atoms with Gasteiger partial charge >= 0.3 is 0 Å². The van der Waals surface area contributed by atoms with Gasteiger partial charge in [0.05, 0.1) is 23.4 Å². The highest BCUT2D eigenvalue weighted by Crippen LogP contribution is 2.15. The molecule has 1 aromatic heterocycles. The van der Waals surface area contributed by atoms with E-state index < -0.39 is 0 Å². The Labute approximate surface area is 154 Å². The molecule has 0 radical (unpaired) electrons. The van der Waals surface area contributed by atoms with Crippen LogP contribution in [0.2, 0.25) is 0 Å². The van der Waals surface area contributed by atoms with Gasteiger partial charge in [-0.3, -0.25) is 4.99 Å². The van der Waals surface area contributed by atoms with E-state index in [4.69, 9.17) is 4.74 Å². The van der Waals surface area contributed by atoms with Crippen LogP contribution in [0.4, 0.5) is 0 Å². The summed E-state index contributed by atoms with van der Waals surface area (Å²) in [4.78, 5) is 8.79. The summed E-state index contributed by atoms with van der Waals surface area (Å²) in [7, 11) is 1.78. The van der Waals surface area contributed by atoms with Crippen molar-refractivity contribution in [3.63, 3.8) is 0 Å². The van der Waals surface area contributed by atoms with Crippen molar-refractivity contribution < 1.29 is 4.74 Å². The van der Waals surface area contributed by atoms with E-state index in [1.807, 2.05) is 18.2 Å². The van der Waals surface area contributed by atoms with Crippen molar-refractivity contribution in [1.82, 2.24) is 15.6 Å². The number of aliphatic imine (C=N–C) groups is 1. The molecule has 1 atom stereocenters. The molecule has 0 fully saturated rings. The van der Waals surface area contributed by atoms with Gasteiger partial charge in [0.25, 0.3) is 0 Å². The Morgan fingerprint density at radius 1 is 1.28 bits per heavy atom. The van der Waals surface area contributed by atoms with Crippen LogP contribution in [0, 0.1) is 0 Å². The van der Waals surface area contributed by atoms with Crippen molar-refractivity contribution in [3.8, 4) is 0 Å². The van der Waals surface area contributed by atoms with E-state index in [2.05, 4.69) is 52.0 Å². The van der Waals surface area contributed by atoms with Gasteiger partial charge in [0.1, 0.15) is 0 Å². The van der Waals surface area contributed by atoms with Crippen molar-refractivity contribution in [2.75, 3.05) is 20.2 Å². The quantitative estimate of drug-likeness (QED) is 0.408. The van der Waals surface area contributed by atoms with Gasteiger partial charge in [-0.05, 0) is 25.3 Å². The monoisotopic (exact) mass is 360 g/mol. The van der Waals surface area contributed by atoms with Crippen molar-refractivity contribution >= 4 is 17.3 Å². The molecule has 0 spiro atoms. The molecule has 5 nitrogen and oxygen atoms in total. The molecule has 2 rings (SSSR count). The van der Waals surface area contributed by atoms with E-state index in [1.54, 1.807) is 18.4 Å². The lowest BCUT2D eigenvalue weighted by Crippen LogP contribution is -2.37. The van der Waals surface area contributed by atoms with Gasteiger partial charge in [-0.15, -0.1) is 11.3 Å². The molecule has 0 aliphatic heterocycles. The fourth-order valence-corrected chi connectivity index (χ4v) is 3.09. The van der Waals surface area contributed by atoms with Gasteiger partial charge in [0.2, 0.25) is 0 Å². The number of aryl methyl sites for hydroxylation is 1. The number of hydrogen-bond acceptors (Lipinski definition) is 4. The summed E-state index contributed by atoms with van der Waals surface area (Å²) in [6.45, 7) is 6.43. The largest absolute Gasteiger partial charge is 0.374 e. The molecule has 0 aliphatic carbocycles. The highest BCUT2D eigenvalue weighted by molar-refractivity contribution is 7.09. The van der Waals surface area contributed by atoms with Crippen LogP contribution in [0.25, 0.3) is 0 Å². The Kier molecular flexibility index (Phi) is 8.42. The van der Waals surface area contributed by atoms with E-state index in [1.165, 1.54) is 10.6 Å². The zero-order chi connectivity index (χ0) is 17.9. The van der Waals surface area contributed by atoms with Gasteiger partial charge in [-0.25, -0.2) is 4.98 Å². The predicted molar refractivity (Wildman–Crippen MR) is 105 cm³/mol. The maximum absolute atomic E-state index is 5.88. The van der Waals surface area contributed by atoms with E-state index in [-0.39, 0.29) is 6.10 Å². The number of hydrogen-bond donors (Lipinski definition) is 2. The van der Waals surface area contributed by atoms with Crippen molar-refractivity contribution in [2.24, 2.45) is 4.99 Å². The van der Waals surface area contributed by atoms with E-state index >= 15 is 0 Å². The third kappa shape index (κ3) is 6.84. The summed E-state index contributed by atoms with van der Waals surface area (Å²) < 4.78 is 5.88. The average molecular weight is 361 g/mol. The van der Waals surface area contributed by atoms with Crippen LogP contribution < -0.4 is 10.6 Å². The minimum absolute atomic E-state index is 0.121. The standard InChI is InChI=1S/C19H28N4OS/c1-4-18-23-17(14-25-18)13-22-19(20-3)21-11-8-12-24-15(2)16-9-6-5-7-10-16/h5-7,9-10,14-15H,4,8,11-13H2,1-3H3,(H2,20,21,22). The summed E-state index contributed by atoms with van der Waals surface area (Å²) in [5.74, 6) is 0.794. The predicted octanol–water partition coefficient (Wildman–Crippen LogP) is 3.54. The summed E-state index contributed by atoms with van der Waals surface area (Å²) >= 11 is 1.71. The molecule has 0 aliphatic rings. The number of guanidine groups is 1. The van der Waals surface area contributed by atoms with E-state index in [9.17, 15) is 0 Å². The highest BCUT2D eigenvalue weighted by Gasteiger charge is 2.05. The van der Waals surface area contributed by atoms with Gasteiger partial charge in [0, 0.05) is 25.6 Å². The Bertz CT molecular complexity index is 642. The lowest BCUT2D eigenvalue weighted by Gasteiger charge is -2.14. The lowest BCUT2D eigenvalue weighted by atomic mass is 10.1. The number of benzene rings is 1. The number of nitrogens with zero attached hydrogens (tertiary/aromatic N) is 2. The molecule has 25 heavy (non-hydrogen) atoms. The molecule has 6 heteroatoms. The maximum atomic E-state index is 5.88. The van der Waals surface area contributed by atoms with Crippen molar-refractivity contribution in [2.45, 2.75) is 39.3 Å². The molecule has 136 valence electrons. The number of rotatable bonds is 9. The Morgan fingerprint density at radius 2 is 2.08 bits per heavy atom. The summed E-state index contributed by atoms with van der Waals surface area (Å²) in [6, 6.07) is 10.3. The molecule has 2 N–H and O–H groups in total. The number of aromatic nitrogens is 1. The Balaban J connectivity index is 1.61. The van der Waals surface area contributed by atoms with Crippen LogP contribution in [-0.2, 0) is 17.7 Å². The third-order valence-electron chi connectivity index (χ3n) is 3.81. The van der Waals surface area contributed by atoms with E-state index in [0.717, 1.165) is 31.0 Å². The second-order valence-electron chi connectivity index (χ2n) is 5.72. The molecule has 0 saturated carbocycles. The van der Waals surface area contributed by atoms with Crippen molar-refractivity contribution in [1.29, 1.82) is 0 Å². The van der Waals surface area contributed by atoms with Crippen LogP contribution in [0.5, 0.6) is 0 Å². The fraction of sp³-hybridized carbons (Fsp3) is 0.474. The van der Waals surface area contributed by atoms with Crippen LogP contribution in [-0.4, -0.2) is 31.1 Å². The topological polar surface area (TPSA) is 58.5 Å². The lowest BCUT2D eigenvalue weighted by molar-refractivity contribution is 0.0646. The fourth-order valence-electron chi connectivity index (χ4n) is 2.35. The summed E-state index contributed by atoms with van der Waals surface area (Å²) in [5.41, 5.74) is 2.27. The SMILES string of the molecule is CCc1nc(CNC(=NC)NCCCOC(C)c2ccccc2)cs1. The Morgan fingerprint density at radius 3 is 2.76 bits per heavy atom. The minimum Gasteiger partial charge on any atom is -0.374 e. The first kappa shape index (κ1) is 19.4. The third-order valence-corrected chi connectivity index (χ3v) is 4.85. The summed E-state index contributed by atoms with van der Waals surface area (Å²) in [5, 5.41) is 9.87. The van der Waals surface area contributed by atoms with Gasteiger partial charge < -0.3 is 15.4 Å². The molecule has 0 amide bonds. The van der Waals surface area contributed by atoms with Crippen LogP contribution >= 0.6 is 11.3 Å². The molecule has 1 aromatic carbocycles. The second-order valence-corrected chi connectivity index (χ2v) is 6.66. The molecule has 0 saturated heterocycles. The normalized spacial score (nSPS) is 12.8. The number of thiazole rings is 1. The molecule has 0 bridgehead atoms. The first-order valence-electron chi connectivity index (χ1n) is 8.77. The van der Waals surface area contributed by atoms with Gasteiger partial charge in [-0.1, -0.05) is 37.3 Å². The molecule has 1 heterocycles. The first-order chi connectivity index (χ1) is 12.2. The summed E-state index contributed by atoms with van der Waals surface area (Å²) in [6.07, 6.45) is 2.03. The minimum atomic E-state index is 0.121. The molecule has 1 unspecified atom stereocenters. The average Bonchev–Trinajstić information content (AvgIpc) is 3.12.